The lowest BCUT2D eigenvalue weighted by atomic mass is 10.1. The molecule has 0 amide bonds. The molecule has 3 rings (SSSR count). The van der Waals surface area contributed by atoms with Crippen LogP contribution in [0.4, 0.5) is 0 Å². The molecule has 25 heavy (non-hydrogen) atoms. The molecule has 128 valence electrons. The van der Waals surface area contributed by atoms with Gasteiger partial charge in [0.05, 0.1) is 22.7 Å². The van der Waals surface area contributed by atoms with Gasteiger partial charge in [0, 0.05) is 11.1 Å². The molecule has 0 aliphatic rings. The van der Waals surface area contributed by atoms with Crippen LogP contribution in [0, 0.1) is 13.8 Å². The van der Waals surface area contributed by atoms with Gasteiger partial charge in [0.2, 0.25) is 0 Å². The van der Waals surface area contributed by atoms with E-state index in [4.69, 9.17) is 9.72 Å². The lowest BCUT2D eigenvalue weighted by Gasteiger charge is -2.08. The Labute approximate surface area is 152 Å². The third-order valence-electron chi connectivity index (χ3n) is 4.08. The van der Waals surface area contributed by atoms with E-state index in [1.54, 1.807) is 11.8 Å². The van der Waals surface area contributed by atoms with Crippen molar-refractivity contribution in [2.75, 3.05) is 6.61 Å². The summed E-state index contributed by atoms with van der Waals surface area (Å²) in [6.07, 6.45) is 0. The van der Waals surface area contributed by atoms with Gasteiger partial charge in [0.15, 0.2) is 0 Å². The third-order valence-corrected chi connectivity index (χ3v) is 5.06. The van der Waals surface area contributed by atoms with E-state index in [2.05, 4.69) is 38.1 Å². The molecular formula is C21H21NO2S. The fourth-order valence-electron chi connectivity index (χ4n) is 2.71. The number of carbonyl (C=O) groups is 1. The normalized spacial score (nSPS) is 10.8. The number of aryl methyl sites for hydroxylation is 2. The van der Waals surface area contributed by atoms with Crippen molar-refractivity contribution < 1.29 is 9.53 Å². The minimum absolute atomic E-state index is 0.274. The number of pyridine rings is 1. The summed E-state index contributed by atoms with van der Waals surface area (Å²) >= 11 is 1.71. The zero-order chi connectivity index (χ0) is 17.8. The number of fused-ring (bicyclic) bond motifs is 1. The minimum Gasteiger partial charge on any atom is -0.462 e. The van der Waals surface area contributed by atoms with Crippen LogP contribution in [0.1, 0.15) is 34.0 Å². The molecule has 0 bridgehead atoms. The fraction of sp³-hybridized carbons (Fsp3) is 0.238. The summed E-state index contributed by atoms with van der Waals surface area (Å²) < 4.78 is 5.01. The quantitative estimate of drug-likeness (QED) is 0.461. The number of rotatable bonds is 5. The predicted molar refractivity (Wildman–Crippen MR) is 103 cm³/mol. The highest BCUT2D eigenvalue weighted by molar-refractivity contribution is 7.98. The maximum absolute atomic E-state index is 11.7. The molecule has 1 heterocycles. The van der Waals surface area contributed by atoms with Gasteiger partial charge in [-0.2, -0.15) is 0 Å². The van der Waals surface area contributed by atoms with Crippen LogP contribution in [0.15, 0.2) is 53.6 Å². The standard InChI is InChI=1S/C21H21NO2S/c1-4-24-21(23)17-10-8-16(9-11-17)13-25-19-12-15(3)18-7-5-6-14(2)20(18)22-19/h5-12H,4,13H2,1-3H3. The second kappa shape index (κ2) is 7.70. The lowest BCUT2D eigenvalue weighted by molar-refractivity contribution is 0.0526. The van der Waals surface area contributed by atoms with E-state index in [0.29, 0.717) is 12.2 Å². The predicted octanol–water partition coefficient (Wildman–Crippen LogP) is 5.32. The Bertz CT molecular complexity index is 904. The number of esters is 1. The highest BCUT2D eigenvalue weighted by Gasteiger charge is 2.08. The van der Waals surface area contributed by atoms with Crippen molar-refractivity contribution in [3.63, 3.8) is 0 Å². The molecule has 0 unspecified atom stereocenters. The largest absolute Gasteiger partial charge is 0.462 e. The molecule has 0 spiro atoms. The number of hydrogen-bond acceptors (Lipinski definition) is 4. The van der Waals surface area contributed by atoms with E-state index >= 15 is 0 Å². The first-order valence-electron chi connectivity index (χ1n) is 8.34. The van der Waals surface area contributed by atoms with Gasteiger partial charge in [-0.3, -0.25) is 0 Å². The van der Waals surface area contributed by atoms with E-state index in [9.17, 15) is 4.79 Å². The molecule has 0 saturated heterocycles. The van der Waals surface area contributed by atoms with Gasteiger partial charge < -0.3 is 4.74 Å². The van der Waals surface area contributed by atoms with E-state index in [-0.39, 0.29) is 5.97 Å². The van der Waals surface area contributed by atoms with Crippen molar-refractivity contribution in [3.8, 4) is 0 Å². The molecule has 0 radical (unpaired) electrons. The SMILES string of the molecule is CCOC(=O)c1ccc(CSc2cc(C)c3cccc(C)c3n2)cc1. The summed E-state index contributed by atoms with van der Waals surface area (Å²) in [4.78, 5) is 16.5. The van der Waals surface area contributed by atoms with Gasteiger partial charge in [0.25, 0.3) is 0 Å². The van der Waals surface area contributed by atoms with Crippen molar-refractivity contribution in [1.82, 2.24) is 4.98 Å². The molecule has 3 aromatic rings. The number of para-hydroxylation sites is 1. The summed E-state index contributed by atoms with van der Waals surface area (Å²) in [7, 11) is 0. The van der Waals surface area contributed by atoms with Crippen LogP contribution in [0.2, 0.25) is 0 Å². The van der Waals surface area contributed by atoms with Crippen LogP contribution in [0.25, 0.3) is 10.9 Å². The number of carbonyl (C=O) groups excluding carboxylic acids is 1. The first-order valence-corrected chi connectivity index (χ1v) is 9.33. The van der Waals surface area contributed by atoms with Crippen molar-refractivity contribution in [3.05, 3.63) is 70.8 Å². The maximum Gasteiger partial charge on any atom is 0.338 e. The summed E-state index contributed by atoms with van der Waals surface area (Å²) in [6, 6.07) is 16.0. The van der Waals surface area contributed by atoms with Crippen molar-refractivity contribution in [2.24, 2.45) is 0 Å². The first-order chi connectivity index (χ1) is 12.1. The molecule has 0 fully saturated rings. The maximum atomic E-state index is 11.7. The van der Waals surface area contributed by atoms with Crippen LogP contribution in [-0.2, 0) is 10.5 Å². The fourth-order valence-corrected chi connectivity index (χ4v) is 3.64. The van der Waals surface area contributed by atoms with E-state index in [0.717, 1.165) is 21.9 Å². The molecule has 1 aromatic heterocycles. The van der Waals surface area contributed by atoms with Crippen LogP contribution in [-0.4, -0.2) is 17.6 Å². The summed E-state index contributed by atoms with van der Waals surface area (Å²) in [5.74, 6) is 0.538. The molecule has 3 nitrogen and oxygen atoms in total. The zero-order valence-corrected chi connectivity index (χ0v) is 15.5. The second-order valence-electron chi connectivity index (χ2n) is 5.95. The Morgan fingerprint density at radius 2 is 1.84 bits per heavy atom. The van der Waals surface area contributed by atoms with E-state index < -0.39 is 0 Å². The average Bonchev–Trinajstić information content (AvgIpc) is 2.61. The Morgan fingerprint density at radius 1 is 1.08 bits per heavy atom. The van der Waals surface area contributed by atoms with Crippen LogP contribution < -0.4 is 0 Å². The summed E-state index contributed by atoms with van der Waals surface area (Å²) in [5.41, 5.74) is 5.26. The Morgan fingerprint density at radius 3 is 2.56 bits per heavy atom. The Kier molecular flexibility index (Phi) is 5.39. The molecule has 4 heteroatoms. The zero-order valence-electron chi connectivity index (χ0n) is 14.7. The second-order valence-corrected chi connectivity index (χ2v) is 6.95. The monoisotopic (exact) mass is 351 g/mol. The Balaban J connectivity index is 1.74. The van der Waals surface area contributed by atoms with Crippen LogP contribution in [0.5, 0.6) is 0 Å². The van der Waals surface area contributed by atoms with E-state index in [1.807, 2.05) is 31.2 Å². The Hall–Kier alpha value is -2.33. The van der Waals surface area contributed by atoms with Gasteiger partial charge in [-0.15, -0.1) is 11.8 Å². The molecule has 2 aromatic carbocycles. The van der Waals surface area contributed by atoms with Gasteiger partial charge in [-0.05, 0) is 55.7 Å². The highest BCUT2D eigenvalue weighted by atomic mass is 32.2. The number of aromatic nitrogens is 1. The lowest BCUT2D eigenvalue weighted by Crippen LogP contribution is -2.04. The van der Waals surface area contributed by atoms with Crippen LogP contribution >= 0.6 is 11.8 Å². The van der Waals surface area contributed by atoms with Crippen LogP contribution in [0.3, 0.4) is 0 Å². The summed E-state index contributed by atoms with van der Waals surface area (Å²) in [5, 5.41) is 2.23. The topological polar surface area (TPSA) is 39.2 Å². The van der Waals surface area contributed by atoms with Gasteiger partial charge >= 0.3 is 5.97 Å². The highest BCUT2D eigenvalue weighted by Crippen LogP contribution is 2.27. The third kappa shape index (κ3) is 4.02. The van der Waals surface area contributed by atoms with Gasteiger partial charge in [-0.1, -0.05) is 30.3 Å². The molecule has 0 atom stereocenters. The van der Waals surface area contributed by atoms with Gasteiger partial charge in [0.1, 0.15) is 0 Å². The van der Waals surface area contributed by atoms with Crippen molar-refractivity contribution in [2.45, 2.75) is 31.6 Å². The number of hydrogen-bond donors (Lipinski definition) is 0. The number of nitrogens with zero attached hydrogens (tertiary/aromatic N) is 1. The average molecular weight is 351 g/mol. The molecular weight excluding hydrogens is 330 g/mol. The molecule has 0 aliphatic heterocycles. The van der Waals surface area contributed by atoms with E-state index in [1.165, 1.54) is 16.5 Å². The van der Waals surface area contributed by atoms with Crippen molar-refractivity contribution in [1.29, 1.82) is 0 Å². The summed E-state index contributed by atoms with van der Waals surface area (Å²) in [6.45, 7) is 6.42. The number of ether oxygens (including phenoxy) is 1. The molecule has 0 saturated carbocycles. The molecule has 0 aliphatic carbocycles. The van der Waals surface area contributed by atoms with Gasteiger partial charge in [-0.25, -0.2) is 9.78 Å². The number of thioether (sulfide) groups is 1. The van der Waals surface area contributed by atoms with Crippen molar-refractivity contribution >= 4 is 28.6 Å². The molecule has 0 N–H and O–H groups in total. The number of benzene rings is 2. The smallest absolute Gasteiger partial charge is 0.338 e. The minimum atomic E-state index is -0.274. The first kappa shape index (κ1) is 17.5.